The number of carbonyl (C=O) groups is 1. The van der Waals surface area contributed by atoms with Crippen molar-refractivity contribution < 1.29 is 4.79 Å². The third kappa shape index (κ3) is 2.47. The Balaban J connectivity index is 2.12. The molecule has 0 aliphatic carbocycles. The largest absolute Gasteiger partial charge is 0.350 e. The highest BCUT2D eigenvalue weighted by atomic mass is 32.1. The first-order valence-corrected chi connectivity index (χ1v) is 6.16. The Morgan fingerprint density at radius 1 is 1.35 bits per heavy atom. The van der Waals surface area contributed by atoms with Crippen molar-refractivity contribution in [1.29, 1.82) is 0 Å². The van der Waals surface area contributed by atoms with Gasteiger partial charge in [0.05, 0.1) is 6.54 Å². The molecule has 1 aliphatic rings. The van der Waals surface area contributed by atoms with Crippen molar-refractivity contribution in [1.82, 2.24) is 10.2 Å². The molecule has 0 spiro atoms. The maximum atomic E-state index is 12.1. The van der Waals surface area contributed by atoms with Gasteiger partial charge in [0.25, 0.3) is 5.91 Å². The number of hydrogen-bond acceptors (Lipinski definition) is 2. The van der Waals surface area contributed by atoms with Crippen LogP contribution in [0.1, 0.15) is 19.4 Å². The van der Waals surface area contributed by atoms with Crippen molar-refractivity contribution in [2.45, 2.75) is 26.4 Å². The zero-order chi connectivity index (χ0) is 12.4. The van der Waals surface area contributed by atoms with Crippen LogP contribution in [0, 0.1) is 5.92 Å². The van der Waals surface area contributed by atoms with Crippen LogP contribution >= 0.6 is 12.2 Å². The van der Waals surface area contributed by atoms with Gasteiger partial charge in [-0.25, -0.2) is 0 Å². The molecule has 1 fully saturated rings. The zero-order valence-corrected chi connectivity index (χ0v) is 10.8. The first-order chi connectivity index (χ1) is 8.09. The van der Waals surface area contributed by atoms with Gasteiger partial charge in [-0.3, -0.25) is 9.69 Å². The smallest absolute Gasteiger partial charge is 0.251 e. The molecule has 0 radical (unpaired) electrons. The molecule has 17 heavy (non-hydrogen) atoms. The first-order valence-electron chi connectivity index (χ1n) is 5.75. The molecule has 0 aromatic heterocycles. The number of hydrogen-bond donors (Lipinski definition) is 1. The molecule has 1 aromatic rings. The lowest BCUT2D eigenvalue weighted by Gasteiger charge is -2.15. The van der Waals surface area contributed by atoms with Gasteiger partial charge in [-0.15, -0.1) is 0 Å². The van der Waals surface area contributed by atoms with Gasteiger partial charge in [0.15, 0.2) is 5.11 Å². The summed E-state index contributed by atoms with van der Waals surface area (Å²) in [6.07, 6.45) is 0. The van der Waals surface area contributed by atoms with E-state index in [1.165, 1.54) is 0 Å². The van der Waals surface area contributed by atoms with Crippen LogP contribution in [-0.2, 0) is 11.3 Å². The number of nitrogens with one attached hydrogen (secondary N) is 1. The molecule has 0 unspecified atom stereocenters. The Hall–Kier alpha value is -1.42. The molecular formula is C13H16N2OS. The Bertz CT molecular complexity index is 430. The summed E-state index contributed by atoms with van der Waals surface area (Å²) in [6.45, 7) is 4.59. The lowest BCUT2D eigenvalue weighted by molar-refractivity contribution is -0.128. The summed E-state index contributed by atoms with van der Waals surface area (Å²) in [6, 6.07) is 9.71. The van der Waals surface area contributed by atoms with Crippen LogP contribution in [0.15, 0.2) is 30.3 Å². The molecule has 1 N–H and O–H groups in total. The molecule has 1 aliphatic heterocycles. The van der Waals surface area contributed by atoms with Crippen LogP contribution in [0.3, 0.4) is 0 Å². The Labute approximate surface area is 107 Å². The number of carbonyl (C=O) groups excluding carboxylic acids is 1. The average Bonchev–Trinajstić information content (AvgIpc) is 2.58. The predicted octanol–water partition coefficient (Wildman–Crippen LogP) is 1.93. The van der Waals surface area contributed by atoms with Crippen molar-refractivity contribution in [3.63, 3.8) is 0 Å². The zero-order valence-electron chi connectivity index (χ0n) is 10.0. The van der Waals surface area contributed by atoms with Crippen molar-refractivity contribution in [2.24, 2.45) is 5.92 Å². The molecule has 1 heterocycles. The number of benzene rings is 1. The fourth-order valence-corrected chi connectivity index (χ4v) is 2.19. The third-order valence-electron chi connectivity index (χ3n) is 2.91. The van der Waals surface area contributed by atoms with E-state index in [-0.39, 0.29) is 17.9 Å². The second kappa shape index (κ2) is 4.84. The van der Waals surface area contributed by atoms with E-state index in [9.17, 15) is 4.79 Å². The van der Waals surface area contributed by atoms with Gasteiger partial charge in [0, 0.05) is 0 Å². The fourth-order valence-electron chi connectivity index (χ4n) is 1.91. The number of thiocarbonyl (C=S) groups is 1. The van der Waals surface area contributed by atoms with Crippen LogP contribution in [0.5, 0.6) is 0 Å². The number of amides is 1. The summed E-state index contributed by atoms with van der Waals surface area (Å²) < 4.78 is 0. The van der Waals surface area contributed by atoms with E-state index < -0.39 is 0 Å². The summed E-state index contributed by atoms with van der Waals surface area (Å²) in [4.78, 5) is 13.8. The summed E-state index contributed by atoms with van der Waals surface area (Å²) in [5.74, 6) is 0.329. The normalized spacial score (nSPS) is 19.9. The first kappa shape index (κ1) is 12.0. The molecular weight excluding hydrogens is 232 g/mol. The van der Waals surface area contributed by atoms with Crippen LogP contribution in [0.4, 0.5) is 0 Å². The average molecular weight is 248 g/mol. The number of rotatable bonds is 3. The second-order valence-electron chi connectivity index (χ2n) is 4.58. The van der Waals surface area contributed by atoms with Crippen molar-refractivity contribution in [3.05, 3.63) is 35.9 Å². The second-order valence-corrected chi connectivity index (χ2v) is 4.97. The van der Waals surface area contributed by atoms with Crippen molar-refractivity contribution in [3.8, 4) is 0 Å². The highest BCUT2D eigenvalue weighted by Gasteiger charge is 2.36. The van der Waals surface area contributed by atoms with E-state index in [4.69, 9.17) is 12.2 Å². The highest BCUT2D eigenvalue weighted by Crippen LogP contribution is 2.16. The van der Waals surface area contributed by atoms with Gasteiger partial charge in [0.2, 0.25) is 0 Å². The summed E-state index contributed by atoms with van der Waals surface area (Å²) in [5, 5.41) is 3.62. The molecule has 1 saturated heterocycles. The molecule has 1 aromatic carbocycles. The summed E-state index contributed by atoms with van der Waals surface area (Å²) in [5.41, 5.74) is 1.09. The molecule has 90 valence electrons. The van der Waals surface area contributed by atoms with E-state index in [0.717, 1.165) is 5.56 Å². The van der Waals surface area contributed by atoms with Crippen LogP contribution in [0.25, 0.3) is 0 Å². The van der Waals surface area contributed by atoms with E-state index in [1.807, 2.05) is 44.2 Å². The van der Waals surface area contributed by atoms with Crippen LogP contribution in [0.2, 0.25) is 0 Å². The molecule has 1 amide bonds. The fraction of sp³-hybridized carbons (Fsp3) is 0.385. The molecule has 4 heteroatoms. The molecule has 0 saturated carbocycles. The van der Waals surface area contributed by atoms with Crippen molar-refractivity contribution in [2.75, 3.05) is 0 Å². The Morgan fingerprint density at radius 2 is 2.00 bits per heavy atom. The van der Waals surface area contributed by atoms with E-state index in [2.05, 4.69) is 5.32 Å². The summed E-state index contributed by atoms with van der Waals surface area (Å²) >= 11 is 5.21. The van der Waals surface area contributed by atoms with Crippen LogP contribution < -0.4 is 5.32 Å². The molecule has 3 nitrogen and oxygen atoms in total. The van der Waals surface area contributed by atoms with Gasteiger partial charge in [-0.2, -0.15) is 0 Å². The monoisotopic (exact) mass is 248 g/mol. The van der Waals surface area contributed by atoms with E-state index in [0.29, 0.717) is 11.7 Å². The molecule has 2 rings (SSSR count). The van der Waals surface area contributed by atoms with Crippen LogP contribution in [-0.4, -0.2) is 22.0 Å². The molecule has 0 bridgehead atoms. The van der Waals surface area contributed by atoms with Gasteiger partial charge < -0.3 is 5.32 Å². The van der Waals surface area contributed by atoms with Gasteiger partial charge >= 0.3 is 0 Å². The lowest BCUT2D eigenvalue weighted by Crippen LogP contribution is -2.34. The predicted molar refractivity (Wildman–Crippen MR) is 71.4 cm³/mol. The molecule has 1 atom stereocenters. The summed E-state index contributed by atoms with van der Waals surface area (Å²) in [7, 11) is 0. The van der Waals surface area contributed by atoms with E-state index in [1.54, 1.807) is 4.90 Å². The lowest BCUT2D eigenvalue weighted by atomic mass is 10.0. The minimum Gasteiger partial charge on any atom is -0.350 e. The van der Waals surface area contributed by atoms with Crippen molar-refractivity contribution >= 4 is 23.2 Å². The maximum Gasteiger partial charge on any atom is 0.251 e. The van der Waals surface area contributed by atoms with Gasteiger partial charge in [-0.1, -0.05) is 44.2 Å². The number of nitrogens with zero attached hydrogens (tertiary/aromatic N) is 1. The quantitative estimate of drug-likeness (QED) is 0.830. The highest BCUT2D eigenvalue weighted by molar-refractivity contribution is 7.80. The Morgan fingerprint density at radius 3 is 2.53 bits per heavy atom. The standard InChI is InChI=1S/C13H16N2OS/c1-9(2)11-12(16)15(13(17)14-11)8-10-6-4-3-5-7-10/h3-7,9,11H,8H2,1-2H3,(H,14,17)/t11-/m0/s1. The maximum absolute atomic E-state index is 12.1. The SMILES string of the molecule is CC(C)[C@@H]1NC(=S)N(Cc2ccccc2)C1=O. The van der Waals surface area contributed by atoms with E-state index >= 15 is 0 Å². The topological polar surface area (TPSA) is 32.3 Å². The minimum atomic E-state index is -0.175. The Kier molecular flexibility index (Phi) is 3.43. The van der Waals surface area contributed by atoms with Gasteiger partial charge in [-0.05, 0) is 23.7 Å². The third-order valence-corrected chi connectivity index (χ3v) is 3.24. The minimum absolute atomic E-state index is 0.0776. The van der Waals surface area contributed by atoms with Gasteiger partial charge in [0.1, 0.15) is 6.04 Å².